The van der Waals surface area contributed by atoms with E-state index in [-0.39, 0.29) is 11.9 Å². The maximum Gasteiger partial charge on any atom is 0.306 e. The van der Waals surface area contributed by atoms with Crippen LogP contribution in [0.5, 0.6) is 0 Å². The molecule has 356 valence electrons. The first kappa shape index (κ1) is 56.9. The number of rotatable bonds is 48. The molecule has 0 radical (unpaired) electrons. The van der Waals surface area contributed by atoms with Gasteiger partial charge in [-0.05, 0) is 75.7 Å². The minimum Gasteiger partial charge on any atom is -0.465 e. The highest BCUT2D eigenvalue weighted by Gasteiger charge is 2.30. The molecular formula is C55H107NO4. The molecule has 0 heterocycles. The average molecular weight is 846 g/mol. The van der Waals surface area contributed by atoms with E-state index in [0.29, 0.717) is 49.9 Å². The van der Waals surface area contributed by atoms with Crippen molar-refractivity contribution in [2.75, 3.05) is 19.8 Å². The van der Waals surface area contributed by atoms with Gasteiger partial charge in [-0.15, -0.1) is 0 Å². The number of carbonyl (C=O) groups is 2. The Morgan fingerprint density at radius 1 is 0.417 bits per heavy atom. The van der Waals surface area contributed by atoms with Crippen molar-refractivity contribution in [3.05, 3.63) is 0 Å². The molecular weight excluding hydrogens is 739 g/mol. The fourth-order valence-corrected chi connectivity index (χ4v) is 9.45. The van der Waals surface area contributed by atoms with Gasteiger partial charge >= 0.3 is 11.9 Å². The van der Waals surface area contributed by atoms with Crippen LogP contribution in [-0.2, 0) is 19.1 Å². The van der Waals surface area contributed by atoms with E-state index in [9.17, 15) is 9.59 Å². The molecule has 0 aromatic heterocycles. The van der Waals surface area contributed by atoms with E-state index >= 15 is 0 Å². The van der Waals surface area contributed by atoms with Crippen molar-refractivity contribution in [1.29, 1.82) is 0 Å². The highest BCUT2D eigenvalue weighted by Crippen LogP contribution is 2.31. The molecule has 1 aliphatic carbocycles. The Morgan fingerprint density at radius 3 is 1.12 bits per heavy atom. The number of hydrogen-bond donors (Lipinski definition) is 1. The molecule has 1 fully saturated rings. The molecule has 5 heteroatoms. The van der Waals surface area contributed by atoms with Crippen molar-refractivity contribution in [2.24, 2.45) is 17.8 Å². The molecule has 0 saturated heterocycles. The molecule has 1 N–H and O–H groups in total. The second kappa shape index (κ2) is 44.5. The van der Waals surface area contributed by atoms with Crippen LogP contribution in [0.2, 0.25) is 0 Å². The summed E-state index contributed by atoms with van der Waals surface area (Å²) in [5.41, 5.74) is 0. The van der Waals surface area contributed by atoms with Gasteiger partial charge in [0.15, 0.2) is 0 Å². The Labute approximate surface area is 376 Å². The van der Waals surface area contributed by atoms with Gasteiger partial charge in [-0.2, -0.15) is 0 Å². The van der Waals surface area contributed by atoms with Crippen LogP contribution in [0.4, 0.5) is 0 Å². The van der Waals surface area contributed by atoms with Gasteiger partial charge in [0, 0.05) is 18.9 Å². The molecule has 0 atom stereocenters. The predicted octanol–water partition coefficient (Wildman–Crippen LogP) is 17.4. The molecule has 0 aromatic carbocycles. The first-order chi connectivity index (χ1) is 29.5. The summed E-state index contributed by atoms with van der Waals surface area (Å²) in [5, 5.41) is 3.72. The molecule has 60 heavy (non-hydrogen) atoms. The van der Waals surface area contributed by atoms with Gasteiger partial charge < -0.3 is 14.8 Å². The molecule has 0 amide bonds. The summed E-state index contributed by atoms with van der Waals surface area (Å²) in [4.78, 5) is 25.5. The number of unbranched alkanes of at least 4 members (excludes halogenated alkanes) is 29. The van der Waals surface area contributed by atoms with Crippen molar-refractivity contribution >= 4 is 11.9 Å². The van der Waals surface area contributed by atoms with E-state index in [1.54, 1.807) is 0 Å². The first-order valence-corrected chi connectivity index (χ1v) is 27.6. The second-order valence-electron chi connectivity index (χ2n) is 19.8. The topological polar surface area (TPSA) is 64.6 Å². The predicted molar refractivity (Wildman–Crippen MR) is 261 cm³/mol. The normalized spacial score (nSPS) is 15.2. The molecule has 0 bridgehead atoms. The van der Waals surface area contributed by atoms with E-state index < -0.39 is 0 Å². The monoisotopic (exact) mass is 846 g/mol. The van der Waals surface area contributed by atoms with Gasteiger partial charge in [-0.3, -0.25) is 9.59 Å². The van der Waals surface area contributed by atoms with Crippen molar-refractivity contribution < 1.29 is 19.1 Å². The summed E-state index contributed by atoms with van der Waals surface area (Å²) in [6, 6.07) is 0.546. The van der Waals surface area contributed by atoms with Gasteiger partial charge in [0.2, 0.25) is 0 Å². The van der Waals surface area contributed by atoms with Crippen molar-refractivity contribution in [3.8, 4) is 0 Å². The average Bonchev–Trinajstić information content (AvgIpc) is 3.23. The van der Waals surface area contributed by atoms with Crippen LogP contribution in [-0.4, -0.2) is 37.7 Å². The molecule has 0 unspecified atom stereocenters. The number of nitrogens with one attached hydrogen (secondary N) is 1. The van der Waals surface area contributed by atoms with E-state index in [2.05, 4.69) is 33.0 Å². The van der Waals surface area contributed by atoms with Crippen molar-refractivity contribution in [3.63, 3.8) is 0 Å². The highest BCUT2D eigenvalue weighted by molar-refractivity contribution is 5.70. The van der Waals surface area contributed by atoms with Crippen LogP contribution in [0.25, 0.3) is 0 Å². The molecule has 0 aliphatic heterocycles. The SMILES string of the molecule is CCCCCCCCCCCC(CCCCCCCCCCC)COC(=O)CCCCCCNC1CC(CC(=O)OCC(CCCCCCCC)CCCCCCCC)C1. The standard InChI is InChI=1S/C55H107NO4/c1-5-9-13-17-21-23-25-29-35-39-50(40-36-30-26-24-22-18-14-10-6-2)48-59-54(57)43-37-31-32-38-44-56-53-45-52(46-53)47-55(58)60-49-51(41-33-27-19-15-11-7-3)42-34-28-20-16-12-8-4/h50-53,56H,5-49H2,1-4H3. The zero-order valence-corrected chi connectivity index (χ0v) is 41.3. The largest absolute Gasteiger partial charge is 0.465 e. The molecule has 0 spiro atoms. The van der Waals surface area contributed by atoms with E-state index in [0.717, 1.165) is 45.1 Å². The zero-order chi connectivity index (χ0) is 43.4. The van der Waals surface area contributed by atoms with Crippen LogP contribution in [0, 0.1) is 17.8 Å². The van der Waals surface area contributed by atoms with Gasteiger partial charge in [0.1, 0.15) is 0 Å². The third-order valence-electron chi connectivity index (χ3n) is 13.8. The van der Waals surface area contributed by atoms with Crippen molar-refractivity contribution in [2.45, 2.75) is 303 Å². The third kappa shape index (κ3) is 37.5. The molecule has 1 rings (SSSR count). The Kier molecular flexibility index (Phi) is 42.2. The lowest BCUT2D eigenvalue weighted by Crippen LogP contribution is -2.42. The van der Waals surface area contributed by atoms with E-state index in [1.807, 2.05) is 0 Å². The number of ether oxygens (including phenoxy) is 2. The third-order valence-corrected chi connectivity index (χ3v) is 13.8. The summed E-state index contributed by atoms with van der Waals surface area (Å²) in [6.45, 7) is 11.4. The van der Waals surface area contributed by atoms with Gasteiger partial charge in [-0.25, -0.2) is 0 Å². The quantitative estimate of drug-likeness (QED) is 0.0488. The Balaban J connectivity index is 2.18. The van der Waals surface area contributed by atoms with Crippen LogP contribution >= 0.6 is 0 Å². The summed E-state index contributed by atoms with van der Waals surface area (Å²) in [7, 11) is 0. The van der Waals surface area contributed by atoms with Gasteiger partial charge in [0.05, 0.1) is 13.2 Å². The second-order valence-corrected chi connectivity index (χ2v) is 19.8. The van der Waals surface area contributed by atoms with Crippen LogP contribution in [0.1, 0.15) is 297 Å². The molecule has 1 aliphatic rings. The maximum atomic E-state index is 12.8. The highest BCUT2D eigenvalue weighted by atomic mass is 16.5. The summed E-state index contributed by atoms with van der Waals surface area (Å²) >= 11 is 0. The Morgan fingerprint density at radius 2 is 0.733 bits per heavy atom. The molecule has 0 aromatic rings. The molecule has 1 saturated carbocycles. The van der Waals surface area contributed by atoms with E-state index in [4.69, 9.17) is 9.47 Å². The fourth-order valence-electron chi connectivity index (χ4n) is 9.45. The first-order valence-electron chi connectivity index (χ1n) is 27.6. The van der Waals surface area contributed by atoms with E-state index in [1.165, 1.54) is 218 Å². The lowest BCUT2D eigenvalue weighted by molar-refractivity contribution is -0.147. The summed E-state index contributed by atoms with van der Waals surface area (Å²) in [6.07, 6.45) is 53.1. The zero-order valence-electron chi connectivity index (χ0n) is 41.3. The Hall–Kier alpha value is -1.10. The van der Waals surface area contributed by atoms with Gasteiger partial charge in [-0.1, -0.05) is 233 Å². The minimum absolute atomic E-state index is 0.0162. The van der Waals surface area contributed by atoms with Crippen molar-refractivity contribution in [1.82, 2.24) is 5.32 Å². The number of hydrogen-bond acceptors (Lipinski definition) is 5. The fraction of sp³-hybridized carbons (Fsp3) is 0.964. The number of esters is 2. The van der Waals surface area contributed by atoms with Gasteiger partial charge in [0.25, 0.3) is 0 Å². The Bertz CT molecular complexity index is 865. The summed E-state index contributed by atoms with van der Waals surface area (Å²) < 4.78 is 11.8. The van der Waals surface area contributed by atoms with Crippen LogP contribution in [0.3, 0.4) is 0 Å². The lowest BCUT2D eigenvalue weighted by Gasteiger charge is -2.35. The molecule has 5 nitrogen and oxygen atoms in total. The summed E-state index contributed by atoms with van der Waals surface area (Å²) in [5.74, 6) is 1.60. The smallest absolute Gasteiger partial charge is 0.306 e. The number of carbonyl (C=O) groups excluding carboxylic acids is 2. The van der Waals surface area contributed by atoms with Crippen LogP contribution in [0.15, 0.2) is 0 Å². The lowest BCUT2D eigenvalue weighted by atomic mass is 9.78. The minimum atomic E-state index is 0.0162. The van der Waals surface area contributed by atoms with Crippen LogP contribution < -0.4 is 5.32 Å². The maximum absolute atomic E-state index is 12.8.